The SMILES string of the molecule is C[C@]1(Cc2ccccc2)Cc2cc(CCC(=O)O)ccc2O1. The minimum atomic E-state index is -0.759. The highest BCUT2D eigenvalue weighted by atomic mass is 16.5. The first-order chi connectivity index (χ1) is 10.5. The number of fused-ring (bicyclic) bond motifs is 1. The lowest BCUT2D eigenvalue weighted by molar-refractivity contribution is -0.136. The average Bonchev–Trinajstić information content (AvgIpc) is 2.81. The third-order valence-corrected chi connectivity index (χ3v) is 4.09. The summed E-state index contributed by atoms with van der Waals surface area (Å²) in [7, 11) is 0. The zero-order chi connectivity index (χ0) is 15.6. The Kier molecular flexibility index (Phi) is 3.88. The maximum absolute atomic E-state index is 10.7. The van der Waals surface area contributed by atoms with E-state index in [4.69, 9.17) is 9.84 Å². The molecule has 0 saturated heterocycles. The molecule has 22 heavy (non-hydrogen) atoms. The van der Waals surface area contributed by atoms with E-state index in [1.807, 2.05) is 30.3 Å². The fourth-order valence-corrected chi connectivity index (χ4v) is 3.11. The summed E-state index contributed by atoms with van der Waals surface area (Å²) in [4.78, 5) is 10.7. The van der Waals surface area contributed by atoms with Gasteiger partial charge >= 0.3 is 5.97 Å². The van der Waals surface area contributed by atoms with E-state index in [1.54, 1.807) is 0 Å². The second-order valence-corrected chi connectivity index (χ2v) is 6.23. The van der Waals surface area contributed by atoms with Crippen LogP contribution in [0.4, 0.5) is 0 Å². The maximum atomic E-state index is 10.7. The van der Waals surface area contributed by atoms with Gasteiger partial charge in [0.25, 0.3) is 0 Å². The van der Waals surface area contributed by atoms with Crippen LogP contribution in [-0.2, 0) is 24.1 Å². The molecule has 2 aromatic carbocycles. The molecule has 0 aromatic heterocycles. The topological polar surface area (TPSA) is 46.5 Å². The van der Waals surface area contributed by atoms with Crippen LogP contribution in [0.15, 0.2) is 48.5 Å². The number of aliphatic carboxylic acids is 1. The molecule has 3 heteroatoms. The van der Waals surface area contributed by atoms with Gasteiger partial charge in [0, 0.05) is 19.3 Å². The molecule has 1 aliphatic rings. The number of carbonyl (C=O) groups is 1. The molecule has 0 fully saturated rings. The summed E-state index contributed by atoms with van der Waals surface area (Å²) in [5.41, 5.74) is 3.29. The Balaban J connectivity index is 1.73. The molecule has 1 heterocycles. The molecule has 0 saturated carbocycles. The molecule has 0 radical (unpaired) electrons. The Hall–Kier alpha value is -2.29. The van der Waals surface area contributed by atoms with Gasteiger partial charge in [0.15, 0.2) is 0 Å². The van der Waals surface area contributed by atoms with Gasteiger partial charge in [-0.3, -0.25) is 4.79 Å². The lowest BCUT2D eigenvalue weighted by Crippen LogP contribution is -2.32. The molecular weight excluding hydrogens is 276 g/mol. The normalized spacial score (nSPS) is 19.5. The zero-order valence-electron chi connectivity index (χ0n) is 12.7. The summed E-state index contributed by atoms with van der Waals surface area (Å²) < 4.78 is 6.16. The van der Waals surface area contributed by atoms with Gasteiger partial charge in [0.2, 0.25) is 0 Å². The third-order valence-electron chi connectivity index (χ3n) is 4.09. The van der Waals surface area contributed by atoms with Crippen molar-refractivity contribution in [3.05, 3.63) is 65.2 Å². The first-order valence-electron chi connectivity index (χ1n) is 7.61. The van der Waals surface area contributed by atoms with Crippen LogP contribution >= 0.6 is 0 Å². The summed E-state index contributed by atoms with van der Waals surface area (Å²) in [6.07, 6.45) is 2.46. The van der Waals surface area contributed by atoms with E-state index in [0.29, 0.717) is 6.42 Å². The van der Waals surface area contributed by atoms with Gasteiger partial charge in [-0.2, -0.15) is 0 Å². The molecule has 1 N–H and O–H groups in total. The fraction of sp³-hybridized carbons (Fsp3) is 0.316. The predicted molar refractivity (Wildman–Crippen MR) is 85.3 cm³/mol. The second kappa shape index (κ2) is 5.84. The van der Waals surface area contributed by atoms with E-state index in [1.165, 1.54) is 11.1 Å². The van der Waals surface area contributed by atoms with E-state index in [2.05, 4.69) is 25.1 Å². The van der Waals surface area contributed by atoms with Crippen molar-refractivity contribution in [2.45, 2.75) is 38.2 Å². The molecule has 3 nitrogen and oxygen atoms in total. The van der Waals surface area contributed by atoms with Gasteiger partial charge in [0.05, 0.1) is 0 Å². The Morgan fingerprint density at radius 2 is 1.95 bits per heavy atom. The van der Waals surface area contributed by atoms with Crippen LogP contribution in [0.2, 0.25) is 0 Å². The number of benzene rings is 2. The predicted octanol–water partition coefficient (Wildman–Crippen LogP) is 3.64. The standard InChI is InChI=1S/C19H20O3/c1-19(12-15-5-3-2-4-6-15)13-16-11-14(8-10-18(20)21)7-9-17(16)22-19/h2-7,9,11H,8,10,12-13H2,1H3,(H,20,21)/t19-/m0/s1. The molecule has 0 spiro atoms. The van der Waals surface area contributed by atoms with Crippen molar-refractivity contribution in [1.82, 2.24) is 0 Å². The van der Waals surface area contributed by atoms with Crippen LogP contribution in [0, 0.1) is 0 Å². The first kappa shape index (κ1) is 14.6. The number of aryl methyl sites for hydroxylation is 1. The monoisotopic (exact) mass is 296 g/mol. The lowest BCUT2D eigenvalue weighted by atomic mass is 9.91. The maximum Gasteiger partial charge on any atom is 0.303 e. The number of hydrogen-bond donors (Lipinski definition) is 1. The van der Waals surface area contributed by atoms with Crippen LogP contribution < -0.4 is 4.74 Å². The van der Waals surface area contributed by atoms with E-state index in [-0.39, 0.29) is 12.0 Å². The Bertz CT molecular complexity index is 678. The molecule has 3 rings (SSSR count). The van der Waals surface area contributed by atoms with E-state index in [0.717, 1.165) is 24.2 Å². The highest BCUT2D eigenvalue weighted by Crippen LogP contribution is 2.37. The molecule has 2 aromatic rings. The van der Waals surface area contributed by atoms with Gasteiger partial charge in [-0.05, 0) is 36.1 Å². The van der Waals surface area contributed by atoms with E-state index < -0.39 is 5.97 Å². The Morgan fingerprint density at radius 1 is 1.18 bits per heavy atom. The largest absolute Gasteiger partial charge is 0.487 e. The summed E-state index contributed by atoms with van der Waals surface area (Å²) in [6, 6.07) is 16.4. The third kappa shape index (κ3) is 3.30. The number of ether oxygens (including phenoxy) is 1. The summed E-state index contributed by atoms with van der Waals surface area (Å²) in [5, 5.41) is 8.79. The molecule has 114 valence electrons. The van der Waals surface area contributed by atoms with Crippen molar-refractivity contribution in [2.75, 3.05) is 0 Å². The van der Waals surface area contributed by atoms with Gasteiger partial charge in [-0.15, -0.1) is 0 Å². The molecule has 0 unspecified atom stereocenters. The van der Waals surface area contributed by atoms with Crippen LogP contribution in [-0.4, -0.2) is 16.7 Å². The quantitative estimate of drug-likeness (QED) is 0.916. The second-order valence-electron chi connectivity index (χ2n) is 6.23. The van der Waals surface area contributed by atoms with Crippen molar-refractivity contribution in [2.24, 2.45) is 0 Å². The molecular formula is C19H20O3. The lowest BCUT2D eigenvalue weighted by Gasteiger charge is -2.24. The van der Waals surface area contributed by atoms with Gasteiger partial charge in [-0.25, -0.2) is 0 Å². The molecule has 0 bridgehead atoms. The van der Waals surface area contributed by atoms with Gasteiger partial charge < -0.3 is 9.84 Å². The highest BCUT2D eigenvalue weighted by molar-refractivity contribution is 5.67. The van der Waals surface area contributed by atoms with Crippen LogP contribution in [0.5, 0.6) is 5.75 Å². The number of carboxylic acids is 1. The Morgan fingerprint density at radius 3 is 2.68 bits per heavy atom. The molecule has 1 atom stereocenters. The summed E-state index contributed by atoms with van der Waals surface area (Å²) >= 11 is 0. The molecule has 0 amide bonds. The summed E-state index contributed by atoms with van der Waals surface area (Å²) in [6.45, 7) is 2.14. The molecule has 0 aliphatic carbocycles. The van der Waals surface area contributed by atoms with Crippen molar-refractivity contribution in [3.8, 4) is 5.75 Å². The van der Waals surface area contributed by atoms with Crippen molar-refractivity contribution >= 4 is 5.97 Å². The minimum absolute atomic E-state index is 0.168. The van der Waals surface area contributed by atoms with Crippen LogP contribution in [0.25, 0.3) is 0 Å². The number of hydrogen-bond acceptors (Lipinski definition) is 2. The van der Waals surface area contributed by atoms with E-state index in [9.17, 15) is 4.79 Å². The van der Waals surface area contributed by atoms with Crippen molar-refractivity contribution < 1.29 is 14.6 Å². The number of carboxylic acid groups (broad SMARTS) is 1. The average molecular weight is 296 g/mol. The minimum Gasteiger partial charge on any atom is -0.487 e. The van der Waals surface area contributed by atoms with Gasteiger partial charge in [-0.1, -0.05) is 42.5 Å². The van der Waals surface area contributed by atoms with E-state index >= 15 is 0 Å². The smallest absolute Gasteiger partial charge is 0.303 e. The summed E-state index contributed by atoms with van der Waals surface area (Å²) in [5.74, 6) is 0.170. The van der Waals surface area contributed by atoms with Crippen LogP contribution in [0.1, 0.15) is 30.0 Å². The van der Waals surface area contributed by atoms with Crippen molar-refractivity contribution in [3.63, 3.8) is 0 Å². The zero-order valence-corrected chi connectivity index (χ0v) is 12.7. The fourth-order valence-electron chi connectivity index (χ4n) is 3.11. The number of rotatable bonds is 5. The Labute approximate surface area is 130 Å². The first-order valence-corrected chi connectivity index (χ1v) is 7.61. The van der Waals surface area contributed by atoms with Crippen molar-refractivity contribution in [1.29, 1.82) is 0 Å². The highest BCUT2D eigenvalue weighted by Gasteiger charge is 2.34. The molecule has 1 aliphatic heterocycles. The van der Waals surface area contributed by atoms with Gasteiger partial charge in [0.1, 0.15) is 11.4 Å². The van der Waals surface area contributed by atoms with Crippen LogP contribution in [0.3, 0.4) is 0 Å².